The van der Waals surface area contributed by atoms with E-state index in [0.717, 1.165) is 5.56 Å². The maximum absolute atomic E-state index is 12.6. The van der Waals surface area contributed by atoms with E-state index in [0.29, 0.717) is 19.6 Å². The summed E-state index contributed by atoms with van der Waals surface area (Å²) in [5.74, 6) is -0.295. The fourth-order valence-electron chi connectivity index (χ4n) is 1.31. The molecule has 1 amide bonds. The van der Waals surface area contributed by atoms with Crippen LogP contribution in [0.5, 0.6) is 0 Å². The third-order valence-corrected chi connectivity index (χ3v) is 2.13. The van der Waals surface area contributed by atoms with E-state index in [1.54, 1.807) is 17.0 Å². The summed E-state index contributed by atoms with van der Waals surface area (Å²) in [6, 6.07) is 6.11. The first-order valence-corrected chi connectivity index (χ1v) is 5.83. The maximum Gasteiger partial charge on any atom is 0.219 e. The van der Waals surface area contributed by atoms with Gasteiger partial charge in [0.25, 0.3) is 0 Å². The molecule has 0 saturated carbocycles. The molecule has 0 fully saturated rings. The Hall–Kier alpha value is -1.42. The van der Waals surface area contributed by atoms with Crippen molar-refractivity contribution in [3.05, 3.63) is 35.6 Å². The molecule has 0 aromatic heterocycles. The molecule has 0 saturated heterocycles. The molecule has 0 unspecified atom stereocenters. The zero-order chi connectivity index (χ0) is 13.3. The predicted molar refractivity (Wildman–Crippen MR) is 67.9 cm³/mol. The van der Waals surface area contributed by atoms with E-state index in [1.165, 1.54) is 19.1 Å². The van der Waals surface area contributed by atoms with Crippen LogP contribution in [0.4, 0.5) is 4.39 Å². The van der Waals surface area contributed by atoms with Crippen molar-refractivity contribution in [1.29, 1.82) is 0 Å². The normalized spacial score (nSPS) is 9.24. The highest BCUT2D eigenvalue weighted by Crippen LogP contribution is 2.06. The van der Waals surface area contributed by atoms with Crippen molar-refractivity contribution in [2.75, 3.05) is 13.1 Å². The first-order chi connectivity index (χ1) is 8.13. The minimum Gasteiger partial charge on any atom is -0.337 e. The fraction of sp³-hybridized carbons (Fsp3) is 0.462. The lowest BCUT2D eigenvalue weighted by atomic mass is 10.2. The van der Waals surface area contributed by atoms with Crippen LogP contribution in [0.1, 0.15) is 26.3 Å². The van der Waals surface area contributed by atoms with Gasteiger partial charge in [-0.25, -0.2) is 4.39 Å². The maximum atomic E-state index is 12.6. The Morgan fingerprint density at radius 2 is 1.82 bits per heavy atom. The van der Waals surface area contributed by atoms with Gasteiger partial charge in [0.05, 0.1) is 0 Å². The van der Waals surface area contributed by atoms with E-state index < -0.39 is 0 Å². The molecule has 0 aliphatic rings. The Kier molecular flexibility index (Phi) is 7.97. The molecular formula is C13H21FN2O. The molecule has 0 spiro atoms. The SMILES string of the molecule is CC.CC(=O)N(CCN)Cc1ccc(F)cc1. The number of carbonyl (C=O) groups is 1. The van der Waals surface area contributed by atoms with Gasteiger partial charge in [0.1, 0.15) is 5.82 Å². The van der Waals surface area contributed by atoms with Crippen molar-refractivity contribution < 1.29 is 9.18 Å². The number of halogens is 1. The van der Waals surface area contributed by atoms with Crippen molar-refractivity contribution in [3.8, 4) is 0 Å². The van der Waals surface area contributed by atoms with Crippen LogP contribution >= 0.6 is 0 Å². The summed E-state index contributed by atoms with van der Waals surface area (Å²) in [6.45, 7) is 6.93. The number of amides is 1. The minimum absolute atomic E-state index is 0.0234. The highest BCUT2D eigenvalue weighted by Gasteiger charge is 2.07. The second-order valence-corrected chi connectivity index (χ2v) is 3.36. The highest BCUT2D eigenvalue weighted by molar-refractivity contribution is 5.73. The van der Waals surface area contributed by atoms with Crippen LogP contribution < -0.4 is 5.73 Å². The molecule has 0 aliphatic carbocycles. The number of benzene rings is 1. The van der Waals surface area contributed by atoms with Gasteiger partial charge in [0, 0.05) is 26.6 Å². The third-order valence-electron chi connectivity index (χ3n) is 2.13. The van der Waals surface area contributed by atoms with Gasteiger partial charge in [-0.2, -0.15) is 0 Å². The predicted octanol–water partition coefficient (Wildman–Crippen LogP) is 2.16. The summed E-state index contributed by atoms with van der Waals surface area (Å²) in [6.07, 6.45) is 0. The van der Waals surface area contributed by atoms with Crippen LogP contribution in [0.15, 0.2) is 24.3 Å². The molecule has 0 aliphatic heterocycles. The standard InChI is InChI=1S/C11H15FN2O.C2H6/c1-9(15)14(7-6-13)8-10-2-4-11(12)5-3-10;1-2/h2-5H,6-8,13H2,1H3;1-2H3. The number of rotatable bonds is 4. The molecular weight excluding hydrogens is 219 g/mol. The summed E-state index contributed by atoms with van der Waals surface area (Å²) >= 11 is 0. The monoisotopic (exact) mass is 240 g/mol. The molecule has 2 N–H and O–H groups in total. The molecule has 17 heavy (non-hydrogen) atoms. The van der Waals surface area contributed by atoms with Gasteiger partial charge < -0.3 is 10.6 Å². The lowest BCUT2D eigenvalue weighted by Crippen LogP contribution is -2.33. The van der Waals surface area contributed by atoms with Crippen molar-refractivity contribution in [2.45, 2.75) is 27.3 Å². The molecule has 1 aromatic carbocycles. The molecule has 0 heterocycles. The van der Waals surface area contributed by atoms with Gasteiger partial charge in [-0.1, -0.05) is 26.0 Å². The molecule has 0 bridgehead atoms. The van der Waals surface area contributed by atoms with Crippen molar-refractivity contribution in [1.82, 2.24) is 4.90 Å². The number of nitrogens with two attached hydrogens (primary N) is 1. The van der Waals surface area contributed by atoms with Crippen molar-refractivity contribution in [3.63, 3.8) is 0 Å². The zero-order valence-electron chi connectivity index (χ0n) is 10.7. The smallest absolute Gasteiger partial charge is 0.219 e. The molecule has 1 aromatic rings. The molecule has 96 valence electrons. The summed E-state index contributed by atoms with van der Waals surface area (Å²) < 4.78 is 12.6. The lowest BCUT2D eigenvalue weighted by Gasteiger charge is -2.20. The molecule has 4 heteroatoms. The summed E-state index contributed by atoms with van der Waals surface area (Å²) in [5, 5.41) is 0. The van der Waals surface area contributed by atoms with Gasteiger partial charge >= 0.3 is 0 Å². The van der Waals surface area contributed by atoms with E-state index in [4.69, 9.17) is 5.73 Å². The number of carbonyl (C=O) groups excluding carboxylic acids is 1. The number of hydrogen-bond acceptors (Lipinski definition) is 2. The second-order valence-electron chi connectivity index (χ2n) is 3.36. The van der Waals surface area contributed by atoms with E-state index >= 15 is 0 Å². The van der Waals surface area contributed by atoms with Crippen LogP contribution in [-0.2, 0) is 11.3 Å². The second kappa shape index (κ2) is 8.70. The van der Waals surface area contributed by atoms with Crippen LogP contribution in [0, 0.1) is 5.82 Å². The van der Waals surface area contributed by atoms with Crippen LogP contribution in [0.2, 0.25) is 0 Å². The van der Waals surface area contributed by atoms with Crippen LogP contribution in [-0.4, -0.2) is 23.9 Å². The average molecular weight is 240 g/mol. The van der Waals surface area contributed by atoms with E-state index in [9.17, 15) is 9.18 Å². The van der Waals surface area contributed by atoms with Crippen molar-refractivity contribution in [2.24, 2.45) is 5.73 Å². The summed E-state index contributed by atoms with van der Waals surface area (Å²) in [4.78, 5) is 12.8. The molecule has 1 rings (SSSR count). The largest absolute Gasteiger partial charge is 0.337 e. The van der Waals surface area contributed by atoms with Gasteiger partial charge in [0.2, 0.25) is 5.91 Å². The lowest BCUT2D eigenvalue weighted by molar-refractivity contribution is -0.129. The van der Waals surface area contributed by atoms with Crippen molar-refractivity contribution >= 4 is 5.91 Å². The Bertz CT molecular complexity index is 325. The molecule has 0 radical (unpaired) electrons. The third kappa shape index (κ3) is 6.02. The fourth-order valence-corrected chi connectivity index (χ4v) is 1.31. The Morgan fingerprint density at radius 1 is 1.29 bits per heavy atom. The van der Waals surface area contributed by atoms with Crippen LogP contribution in [0.25, 0.3) is 0 Å². The van der Waals surface area contributed by atoms with E-state index in [-0.39, 0.29) is 11.7 Å². The van der Waals surface area contributed by atoms with Gasteiger partial charge in [0.15, 0.2) is 0 Å². The van der Waals surface area contributed by atoms with Gasteiger partial charge in [-0.05, 0) is 17.7 Å². The molecule has 3 nitrogen and oxygen atoms in total. The van der Waals surface area contributed by atoms with Crippen LogP contribution in [0.3, 0.4) is 0 Å². The highest BCUT2D eigenvalue weighted by atomic mass is 19.1. The zero-order valence-corrected chi connectivity index (χ0v) is 10.7. The minimum atomic E-state index is -0.271. The number of nitrogens with zero attached hydrogens (tertiary/aromatic N) is 1. The average Bonchev–Trinajstić information content (AvgIpc) is 2.34. The quantitative estimate of drug-likeness (QED) is 0.876. The summed E-state index contributed by atoms with van der Waals surface area (Å²) in [7, 11) is 0. The number of hydrogen-bond donors (Lipinski definition) is 1. The van der Waals surface area contributed by atoms with Gasteiger partial charge in [-0.15, -0.1) is 0 Å². The Balaban J connectivity index is 0.00000121. The van der Waals surface area contributed by atoms with Gasteiger partial charge in [-0.3, -0.25) is 4.79 Å². The Labute approximate surface area is 102 Å². The molecule has 0 atom stereocenters. The first kappa shape index (κ1) is 15.6. The summed E-state index contributed by atoms with van der Waals surface area (Å²) in [5.41, 5.74) is 6.29. The van der Waals surface area contributed by atoms with E-state index in [1.807, 2.05) is 13.8 Å². The Morgan fingerprint density at radius 3 is 2.24 bits per heavy atom. The first-order valence-electron chi connectivity index (χ1n) is 5.83. The topological polar surface area (TPSA) is 46.3 Å². The van der Waals surface area contributed by atoms with E-state index in [2.05, 4.69) is 0 Å².